The molecule has 1 aliphatic heterocycles. The van der Waals surface area contributed by atoms with Gasteiger partial charge in [0, 0.05) is 0 Å². The standard InChI is InChI=1S/C2H4O3.C2H4.CH4.H2O3/c1-2-4-5-3-1;1-2;;1-3-2/h1-2H2;1-2H2;1H4;1-2H. The van der Waals surface area contributed by atoms with Crippen molar-refractivity contribution >= 4 is 0 Å². The fourth-order valence-corrected chi connectivity index (χ4v) is 0.170. The van der Waals surface area contributed by atoms with E-state index in [1.165, 1.54) is 0 Å². The second-order valence-corrected chi connectivity index (χ2v) is 0.794. The van der Waals surface area contributed by atoms with Gasteiger partial charge in [0.25, 0.3) is 0 Å². The molecule has 0 atom stereocenters. The van der Waals surface area contributed by atoms with Crippen LogP contribution < -0.4 is 0 Å². The first kappa shape index (κ1) is 16.8. The van der Waals surface area contributed by atoms with Crippen LogP contribution >= 0.6 is 0 Å². The molecule has 70 valence electrons. The smallest absolute Gasteiger partial charge is 0.112 e. The van der Waals surface area contributed by atoms with Gasteiger partial charge in [-0.15, -0.1) is 13.2 Å². The minimum Gasteiger partial charge on any atom is -0.221 e. The molecule has 1 aliphatic rings. The van der Waals surface area contributed by atoms with Gasteiger partial charge in [-0.3, -0.25) is 0 Å². The van der Waals surface area contributed by atoms with E-state index in [0.29, 0.717) is 13.2 Å². The van der Waals surface area contributed by atoms with E-state index in [-0.39, 0.29) is 7.43 Å². The van der Waals surface area contributed by atoms with E-state index in [9.17, 15) is 0 Å². The molecule has 1 saturated heterocycles. The summed E-state index contributed by atoms with van der Waals surface area (Å²) in [5.41, 5.74) is 0. The maximum atomic E-state index is 6.62. The molecule has 6 nitrogen and oxygen atoms in total. The molecule has 0 spiro atoms. The van der Waals surface area contributed by atoms with E-state index in [1.807, 2.05) is 0 Å². The average Bonchev–Trinajstić information content (AvgIpc) is 2.48. The van der Waals surface area contributed by atoms with Crippen molar-refractivity contribution in [1.29, 1.82) is 0 Å². The highest BCUT2D eigenvalue weighted by Gasteiger charge is 1.96. The second kappa shape index (κ2) is 22.7. The summed E-state index contributed by atoms with van der Waals surface area (Å²) in [4.78, 5) is 8.44. The van der Waals surface area contributed by atoms with Crippen molar-refractivity contribution in [2.75, 3.05) is 13.2 Å². The van der Waals surface area contributed by atoms with Gasteiger partial charge in [0.05, 0.1) is 0 Å². The summed E-state index contributed by atoms with van der Waals surface area (Å²) in [7, 11) is 0. The van der Waals surface area contributed by atoms with Gasteiger partial charge in [-0.25, -0.2) is 20.3 Å². The lowest BCUT2D eigenvalue weighted by molar-refractivity contribution is -0.465. The predicted octanol–water partition coefficient (Wildman–Crippen LogP) is 1.27. The van der Waals surface area contributed by atoms with Crippen LogP contribution in [0, 0.1) is 0 Å². The summed E-state index contributed by atoms with van der Waals surface area (Å²) < 4.78 is 0. The zero-order valence-corrected chi connectivity index (χ0v) is 5.36. The third-order valence-corrected chi connectivity index (χ3v) is 0.346. The lowest BCUT2D eigenvalue weighted by Crippen LogP contribution is -1.79. The summed E-state index contributed by atoms with van der Waals surface area (Å²) in [6.45, 7) is 7.11. The van der Waals surface area contributed by atoms with Gasteiger partial charge in [0.1, 0.15) is 13.2 Å². The number of rotatable bonds is 0. The SMILES string of the molecule is C.C1COOO1.C=C.OOO. The lowest BCUT2D eigenvalue weighted by atomic mass is 10.8. The summed E-state index contributed by atoms with van der Waals surface area (Å²) in [5, 5.41) is 19.4. The molecule has 1 rings (SSSR count). The Labute approximate surface area is 65.3 Å². The summed E-state index contributed by atoms with van der Waals surface area (Å²) in [6, 6.07) is 0. The molecule has 0 amide bonds. The number of hydrogen-bond donors (Lipinski definition) is 2. The van der Waals surface area contributed by atoms with Gasteiger partial charge in [0.15, 0.2) is 0 Å². The van der Waals surface area contributed by atoms with Crippen LogP contribution in [0.5, 0.6) is 0 Å². The maximum absolute atomic E-state index is 6.62. The summed E-state index contributed by atoms with van der Waals surface area (Å²) in [5.74, 6) is 0. The topological polar surface area (TPSA) is 77.4 Å². The van der Waals surface area contributed by atoms with E-state index in [4.69, 9.17) is 10.5 Å². The van der Waals surface area contributed by atoms with Crippen molar-refractivity contribution in [3.8, 4) is 0 Å². The Morgan fingerprint density at radius 1 is 1.09 bits per heavy atom. The zero-order chi connectivity index (χ0) is 8.24. The third-order valence-electron chi connectivity index (χ3n) is 0.346. The molecule has 0 bridgehead atoms. The minimum atomic E-state index is 0. The maximum Gasteiger partial charge on any atom is 0.112 e. The molecular formula is C5H14O6. The van der Waals surface area contributed by atoms with Gasteiger partial charge >= 0.3 is 0 Å². The molecule has 0 aromatic heterocycles. The van der Waals surface area contributed by atoms with Crippen LogP contribution in [-0.2, 0) is 19.9 Å². The fraction of sp³-hybridized carbons (Fsp3) is 0.600. The molecule has 11 heavy (non-hydrogen) atoms. The Kier molecular flexibility index (Phi) is 34.8. The average molecular weight is 170 g/mol. The lowest BCUT2D eigenvalue weighted by Gasteiger charge is -1.75. The summed E-state index contributed by atoms with van der Waals surface area (Å²) >= 11 is 0. The Balaban J connectivity index is -0.0000000956. The van der Waals surface area contributed by atoms with Gasteiger partial charge in [-0.05, 0) is 0 Å². The van der Waals surface area contributed by atoms with Gasteiger partial charge in [-0.1, -0.05) is 17.5 Å². The highest BCUT2D eigenvalue weighted by molar-refractivity contribution is 4.22. The van der Waals surface area contributed by atoms with E-state index < -0.39 is 0 Å². The van der Waals surface area contributed by atoms with Gasteiger partial charge in [0.2, 0.25) is 0 Å². The molecule has 2 N–H and O–H groups in total. The molecule has 0 aromatic carbocycles. The van der Waals surface area contributed by atoms with Crippen LogP contribution in [0.15, 0.2) is 13.2 Å². The molecule has 0 aliphatic carbocycles. The van der Waals surface area contributed by atoms with E-state index >= 15 is 0 Å². The van der Waals surface area contributed by atoms with Crippen LogP contribution in [-0.4, -0.2) is 23.7 Å². The molecule has 0 aromatic rings. The quantitative estimate of drug-likeness (QED) is 0.324. The number of hydrogen-bond acceptors (Lipinski definition) is 6. The zero-order valence-electron chi connectivity index (χ0n) is 5.36. The monoisotopic (exact) mass is 170 g/mol. The van der Waals surface area contributed by atoms with E-state index in [0.717, 1.165) is 0 Å². The van der Waals surface area contributed by atoms with E-state index in [2.05, 4.69) is 33.0 Å². The Bertz CT molecular complexity index is 38.6. The fourth-order valence-electron chi connectivity index (χ4n) is 0.170. The van der Waals surface area contributed by atoms with Crippen molar-refractivity contribution in [2.45, 2.75) is 7.43 Å². The molecule has 1 fully saturated rings. The van der Waals surface area contributed by atoms with Crippen molar-refractivity contribution in [3.05, 3.63) is 13.2 Å². The van der Waals surface area contributed by atoms with E-state index in [1.54, 1.807) is 0 Å². The Morgan fingerprint density at radius 2 is 1.36 bits per heavy atom. The van der Waals surface area contributed by atoms with Gasteiger partial charge in [-0.2, -0.15) is 0 Å². The molecule has 1 heterocycles. The third kappa shape index (κ3) is 26.4. The Morgan fingerprint density at radius 3 is 1.45 bits per heavy atom. The van der Waals surface area contributed by atoms with Gasteiger partial charge < -0.3 is 0 Å². The highest BCUT2D eigenvalue weighted by atomic mass is 17.5. The first-order valence-corrected chi connectivity index (χ1v) is 2.28. The first-order chi connectivity index (χ1) is 4.91. The predicted molar refractivity (Wildman–Crippen MR) is 37.3 cm³/mol. The molecule has 0 saturated carbocycles. The van der Waals surface area contributed by atoms with Crippen LogP contribution in [0.25, 0.3) is 0 Å². The van der Waals surface area contributed by atoms with Crippen LogP contribution in [0.3, 0.4) is 0 Å². The molecule has 0 unspecified atom stereocenters. The van der Waals surface area contributed by atoms with Crippen molar-refractivity contribution in [2.24, 2.45) is 0 Å². The summed E-state index contributed by atoms with van der Waals surface area (Å²) in [6.07, 6.45) is 0. The van der Waals surface area contributed by atoms with Crippen LogP contribution in [0.4, 0.5) is 0 Å². The first-order valence-electron chi connectivity index (χ1n) is 2.28. The molecule has 6 heteroatoms. The van der Waals surface area contributed by atoms with Crippen molar-refractivity contribution < 1.29 is 30.4 Å². The minimum absolute atomic E-state index is 0. The molecule has 0 radical (unpaired) electrons. The second-order valence-electron chi connectivity index (χ2n) is 0.794. The van der Waals surface area contributed by atoms with Crippen LogP contribution in [0.2, 0.25) is 0 Å². The highest BCUT2D eigenvalue weighted by Crippen LogP contribution is 1.88. The normalized spacial score (nSPS) is 12.9. The van der Waals surface area contributed by atoms with Crippen molar-refractivity contribution in [1.82, 2.24) is 0 Å². The molecular weight excluding hydrogens is 156 g/mol. The van der Waals surface area contributed by atoms with Crippen LogP contribution in [0.1, 0.15) is 7.43 Å². The largest absolute Gasteiger partial charge is 0.221 e. The van der Waals surface area contributed by atoms with Crippen molar-refractivity contribution in [3.63, 3.8) is 0 Å². The Hall–Kier alpha value is -0.500.